The van der Waals surface area contributed by atoms with E-state index in [-0.39, 0.29) is 12.4 Å². The molecular weight excluding hydrogens is 202 g/mol. The summed E-state index contributed by atoms with van der Waals surface area (Å²) in [7, 11) is -0.184. The predicted molar refractivity (Wildman–Crippen MR) is 49.0 cm³/mol. The highest BCUT2D eigenvalue weighted by molar-refractivity contribution is 7.89. The number of sulfonamides is 1. The third-order valence-electron chi connectivity index (χ3n) is 1.42. The zero-order chi connectivity index (χ0) is 9.61. The number of halogens is 1. The van der Waals surface area contributed by atoms with Crippen molar-refractivity contribution in [1.29, 1.82) is 0 Å². The molecule has 0 aromatic heterocycles. The van der Waals surface area contributed by atoms with Gasteiger partial charge in [0.2, 0.25) is 10.0 Å². The molecule has 0 heterocycles. The summed E-state index contributed by atoms with van der Waals surface area (Å²) in [6, 6.07) is 0. The van der Waals surface area contributed by atoms with E-state index in [0.717, 1.165) is 0 Å². The summed E-state index contributed by atoms with van der Waals surface area (Å²) in [4.78, 5) is 0. The van der Waals surface area contributed by atoms with Gasteiger partial charge in [0.05, 0.1) is 12.4 Å². The molecule has 0 bridgehead atoms. The molecule has 0 aliphatic carbocycles. The number of hydrogen-bond donors (Lipinski definition) is 0. The van der Waals surface area contributed by atoms with Crippen LogP contribution in [0.1, 0.15) is 0 Å². The third-order valence-corrected chi connectivity index (χ3v) is 3.40. The molecule has 6 heteroatoms. The van der Waals surface area contributed by atoms with Gasteiger partial charge in [-0.2, -0.15) is 0 Å². The monoisotopic (exact) mass is 215 g/mol. The van der Waals surface area contributed by atoms with E-state index >= 15 is 0 Å². The van der Waals surface area contributed by atoms with E-state index < -0.39 is 10.0 Å². The van der Waals surface area contributed by atoms with Crippen LogP contribution in [0.3, 0.4) is 0 Å². The topological polar surface area (TPSA) is 46.6 Å². The van der Waals surface area contributed by atoms with Crippen LogP contribution in [0, 0.1) is 0 Å². The molecule has 0 radical (unpaired) electrons. The number of ether oxygens (including phenoxy) is 1. The highest BCUT2D eigenvalue weighted by Gasteiger charge is 2.15. The lowest BCUT2D eigenvalue weighted by atomic mass is 10.8. The van der Waals surface area contributed by atoms with Gasteiger partial charge in [-0.15, -0.1) is 11.6 Å². The van der Waals surface area contributed by atoms with E-state index in [1.807, 2.05) is 0 Å². The lowest BCUT2D eigenvalue weighted by molar-refractivity contribution is 0.216. The average molecular weight is 216 g/mol. The van der Waals surface area contributed by atoms with Crippen LogP contribution in [-0.4, -0.2) is 51.7 Å². The minimum absolute atomic E-state index is 0.0108. The zero-order valence-electron chi connectivity index (χ0n) is 7.29. The van der Waals surface area contributed by atoms with Gasteiger partial charge in [0, 0.05) is 26.6 Å². The molecule has 0 spiro atoms. The molecular formula is C6H14ClNO3S. The molecule has 0 aliphatic rings. The van der Waals surface area contributed by atoms with Crippen molar-refractivity contribution in [3.05, 3.63) is 0 Å². The minimum atomic E-state index is -3.16. The second kappa shape index (κ2) is 5.75. The van der Waals surface area contributed by atoms with Gasteiger partial charge < -0.3 is 4.74 Å². The van der Waals surface area contributed by atoms with E-state index in [1.165, 1.54) is 18.5 Å². The first-order valence-electron chi connectivity index (χ1n) is 3.53. The fourth-order valence-electron chi connectivity index (χ4n) is 0.603. The highest BCUT2D eigenvalue weighted by atomic mass is 35.5. The Morgan fingerprint density at radius 3 is 2.50 bits per heavy atom. The maximum absolute atomic E-state index is 11.3. The van der Waals surface area contributed by atoms with Crippen molar-refractivity contribution in [2.45, 2.75) is 0 Å². The molecule has 0 aromatic carbocycles. The second-order valence-electron chi connectivity index (χ2n) is 2.32. The summed E-state index contributed by atoms with van der Waals surface area (Å²) in [5.41, 5.74) is 0. The van der Waals surface area contributed by atoms with Gasteiger partial charge in [-0.05, 0) is 0 Å². The van der Waals surface area contributed by atoms with Gasteiger partial charge >= 0.3 is 0 Å². The number of alkyl halides is 1. The quantitative estimate of drug-likeness (QED) is 0.592. The molecule has 4 nitrogen and oxygen atoms in total. The zero-order valence-corrected chi connectivity index (χ0v) is 8.86. The van der Waals surface area contributed by atoms with Crippen molar-refractivity contribution >= 4 is 21.6 Å². The normalized spacial score (nSPS) is 12.3. The fourth-order valence-corrected chi connectivity index (χ4v) is 2.01. The van der Waals surface area contributed by atoms with Gasteiger partial charge in [-0.25, -0.2) is 12.7 Å². The standard InChI is InChI=1S/C6H14ClNO3S/c1-8(4-3-7)12(9,10)6-5-11-2/h3-6H2,1-2H3. The van der Waals surface area contributed by atoms with Crippen LogP contribution in [0.15, 0.2) is 0 Å². The van der Waals surface area contributed by atoms with Crippen molar-refractivity contribution in [3.63, 3.8) is 0 Å². The third kappa shape index (κ3) is 4.25. The molecule has 0 atom stereocenters. The minimum Gasteiger partial charge on any atom is -0.384 e. The summed E-state index contributed by atoms with van der Waals surface area (Å²) < 4.78 is 28.4. The van der Waals surface area contributed by atoms with Crippen molar-refractivity contribution < 1.29 is 13.2 Å². The number of hydrogen-bond acceptors (Lipinski definition) is 3. The molecule has 0 fully saturated rings. The summed E-state index contributed by atoms with van der Waals surface area (Å²) in [5, 5.41) is 0. The van der Waals surface area contributed by atoms with E-state index in [1.54, 1.807) is 0 Å². The molecule has 0 aliphatic heterocycles. The van der Waals surface area contributed by atoms with Gasteiger partial charge in [0.25, 0.3) is 0 Å². The van der Waals surface area contributed by atoms with E-state index in [0.29, 0.717) is 12.4 Å². The summed E-state index contributed by atoms with van der Waals surface area (Å²) >= 11 is 5.40. The average Bonchev–Trinajstić information content (AvgIpc) is 2.01. The molecule has 12 heavy (non-hydrogen) atoms. The summed E-state index contributed by atoms with van der Waals surface area (Å²) in [6.45, 7) is 0.558. The first kappa shape index (κ1) is 12.2. The molecule has 0 rings (SSSR count). The van der Waals surface area contributed by atoms with Crippen LogP contribution >= 0.6 is 11.6 Å². The molecule has 0 aromatic rings. The molecule has 0 unspecified atom stereocenters. The van der Waals surface area contributed by atoms with Gasteiger partial charge in [-0.3, -0.25) is 0 Å². The lowest BCUT2D eigenvalue weighted by Crippen LogP contribution is -2.32. The van der Waals surface area contributed by atoms with Crippen LogP contribution in [0.5, 0.6) is 0 Å². The maximum atomic E-state index is 11.3. The number of rotatable bonds is 6. The Morgan fingerprint density at radius 2 is 2.08 bits per heavy atom. The van der Waals surface area contributed by atoms with Crippen LogP contribution in [0.25, 0.3) is 0 Å². The van der Waals surface area contributed by atoms with Crippen LogP contribution in [0.4, 0.5) is 0 Å². The highest BCUT2D eigenvalue weighted by Crippen LogP contribution is 1.97. The van der Waals surface area contributed by atoms with Crippen LogP contribution in [0.2, 0.25) is 0 Å². The Labute approximate surface area is 78.5 Å². The Hall–Kier alpha value is 0.160. The molecule has 74 valence electrons. The first-order valence-corrected chi connectivity index (χ1v) is 5.68. The summed E-state index contributed by atoms with van der Waals surface area (Å²) in [6.07, 6.45) is 0. The smallest absolute Gasteiger partial charge is 0.216 e. The Morgan fingerprint density at radius 1 is 1.50 bits per heavy atom. The SMILES string of the molecule is COCCS(=O)(=O)N(C)CCCl. The molecule has 0 amide bonds. The van der Waals surface area contributed by atoms with E-state index in [2.05, 4.69) is 4.74 Å². The number of methoxy groups -OCH3 is 1. The largest absolute Gasteiger partial charge is 0.384 e. The van der Waals surface area contributed by atoms with Crippen LogP contribution < -0.4 is 0 Å². The van der Waals surface area contributed by atoms with Crippen molar-refractivity contribution in [3.8, 4) is 0 Å². The predicted octanol–water partition coefficient (Wildman–Crippen LogP) is 0.133. The molecule has 0 saturated heterocycles. The maximum Gasteiger partial charge on any atom is 0.216 e. The van der Waals surface area contributed by atoms with Gasteiger partial charge in [-0.1, -0.05) is 0 Å². The Kier molecular flexibility index (Phi) is 5.82. The van der Waals surface area contributed by atoms with Crippen molar-refractivity contribution in [1.82, 2.24) is 4.31 Å². The molecule has 0 saturated carbocycles. The van der Waals surface area contributed by atoms with E-state index in [9.17, 15) is 8.42 Å². The van der Waals surface area contributed by atoms with Gasteiger partial charge in [0.15, 0.2) is 0 Å². The van der Waals surface area contributed by atoms with E-state index in [4.69, 9.17) is 11.6 Å². The Balaban J connectivity index is 4.01. The fraction of sp³-hybridized carbons (Fsp3) is 1.00. The summed E-state index contributed by atoms with van der Waals surface area (Å²) in [5.74, 6) is 0.319. The van der Waals surface area contributed by atoms with Crippen molar-refractivity contribution in [2.24, 2.45) is 0 Å². The van der Waals surface area contributed by atoms with Crippen LogP contribution in [-0.2, 0) is 14.8 Å². The first-order chi connectivity index (χ1) is 5.54. The Bertz CT molecular complexity index is 205. The number of nitrogens with zero attached hydrogens (tertiary/aromatic N) is 1. The lowest BCUT2D eigenvalue weighted by Gasteiger charge is -2.14. The second-order valence-corrected chi connectivity index (χ2v) is 4.89. The molecule has 0 N–H and O–H groups in total. The van der Waals surface area contributed by atoms with Crippen molar-refractivity contribution in [2.75, 3.05) is 38.9 Å². The van der Waals surface area contributed by atoms with Gasteiger partial charge in [0.1, 0.15) is 0 Å².